The molecule has 0 aliphatic heterocycles. The van der Waals surface area contributed by atoms with Crippen molar-refractivity contribution in [3.05, 3.63) is 35.0 Å². The fourth-order valence-corrected chi connectivity index (χ4v) is 1.50. The summed E-state index contributed by atoms with van der Waals surface area (Å²) < 4.78 is 26.5. The molecular formula is C9H6ClF2N3. The van der Waals surface area contributed by atoms with E-state index >= 15 is 0 Å². The molecule has 6 heteroatoms. The Morgan fingerprint density at radius 3 is 2.53 bits per heavy atom. The Hall–Kier alpha value is -1.62. The minimum absolute atomic E-state index is 0.105. The van der Waals surface area contributed by atoms with Gasteiger partial charge in [-0.2, -0.15) is 5.10 Å². The van der Waals surface area contributed by atoms with Crippen LogP contribution in [0.3, 0.4) is 0 Å². The molecule has 78 valence electrons. The van der Waals surface area contributed by atoms with Crippen molar-refractivity contribution < 1.29 is 8.78 Å². The summed E-state index contributed by atoms with van der Waals surface area (Å²) >= 11 is 5.64. The summed E-state index contributed by atoms with van der Waals surface area (Å²) in [6.45, 7) is 0. The standard InChI is InChI=1S/C9H6ClF2N3/c10-8-5(12)2-1-4(11)7(8)9-6(13)3-14-15-9/h1-3H,13H2,(H,14,15). The Morgan fingerprint density at radius 2 is 1.93 bits per heavy atom. The second-order valence-electron chi connectivity index (χ2n) is 2.92. The molecule has 0 bridgehead atoms. The van der Waals surface area contributed by atoms with Gasteiger partial charge < -0.3 is 5.73 Å². The number of hydrogen-bond acceptors (Lipinski definition) is 2. The number of H-pyrrole nitrogens is 1. The van der Waals surface area contributed by atoms with Gasteiger partial charge in [0.1, 0.15) is 11.6 Å². The summed E-state index contributed by atoms with van der Waals surface area (Å²) in [7, 11) is 0. The Kier molecular flexibility index (Phi) is 2.32. The third-order valence-corrected chi connectivity index (χ3v) is 2.33. The average Bonchev–Trinajstić information content (AvgIpc) is 2.60. The van der Waals surface area contributed by atoms with Crippen molar-refractivity contribution in [2.24, 2.45) is 0 Å². The Morgan fingerprint density at radius 1 is 1.27 bits per heavy atom. The highest BCUT2D eigenvalue weighted by Gasteiger charge is 2.17. The van der Waals surface area contributed by atoms with Crippen LogP contribution in [0.5, 0.6) is 0 Å². The Labute approximate surface area is 88.9 Å². The molecule has 15 heavy (non-hydrogen) atoms. The third-order valence-electron chi connectivity index (χ3n) is 1.96. The van der Waals surface area contributed by atoms with Gasteiger partial charge in [0, 0.05) is 0 Å². The number of nitrogen functional groups attached to an aromatic ring is 1. The van der Waals surface area contributed by atoms with Gasteiger partial charge in [-0.25, -0.2) is 8.78 Å². The van der Waals surface area contributed by atoms with Gasteiger partial charge in [0.15, 0.2) is 0 Å². The second-order valence-corrected chi connectivity index (χ2v) is 3.30. The van der Waals surface area contributed by atoms with Crippen molar-refractivity contribution in [1.29, 1.82) is 0 Å². The number of benzene rings is 1. The number of halogens is 3. The fraction of sp³-hybridized carbons (Fsp3) is 0. The van der Waals surface area contributed by atoms with Crippen LogP contribution < -0.4 is 5.73 Å². The van der Waals surface area contributed by atoms with Crippen LogP contribution in [0.25, 0.3) is 11.3 Å². The zero-order valence-electron chi connectivity index (χ0n) is 7.39. The van der Waals surface area contributed by atoms with E-state index in [1.807, 2.05) is 0 Å². The number of anilines is 1. The predicted molar refractivity (Wildman–Crippen MR) is 53.4 cm³/mol. The normalized spacial score (nSPS) is 10.6. The molecule has 1 heterocycles. The predicted octanol–water partition coefficient (Wildman–Crippen LogP) is 2.59. The second kappa shape index (κ2) is 3.51. The fourth-order valence-electron chi connectivity index (χ4n) is 1.25. The number of aromatic amines is 1. The smallest absolute Gasteiger partial charge is 0.142 e. The quantitative estimate of drug-likeness (QED) is 0.739. The molecule has 2 rings (SSSR count). The Bertz CT molecular complexity index is 510. The molecule has 0 aliphatic rings. The first-order valence-electron chi connectivity index (χ1n) is 4.04. The number of aromatic nitrogens is 2. The molecule has 2 aromatic rings. The van der Waals surface area contributed by atoms with Crippen molar-refractivity contribution in [3.8, 4) is 11.3 Å². The molecule has 0 spiro atoms. The zero-order chi connectivity index (χ0) is 11.0. The van der Waals surface area contributed by atoms with Crippen molar-refractivity contribution >= 4 is 17.3 Å². The lowest BCUT2D eigenvalue weighted by Crippen LogP contribution is -1.93. The summed E-state index contributed by atoms with van der Waals surface area (Å²) in [5, 5.41) is 5.76. The van der Waals surface area contributed by atoms with E-state index in [0.29, 0.717) is 0 Å². The van der Waals surface area contributed by atoms with Crippen LogP contribution >= 0.6 is 11.6 Å². The van der Waals surface area contributed by atoms with Gasteiger partial charge in [-0.3, -0.25) is 5.10 Å². The topological polar surface area (TPSA) is 54.7 Å². The van der Waals surface area contributed by atoms with Crippen molar-refractivity contribution in [3.63, 3.8) is 0 Å². The molecule has 3 nitrogen and oxygen atoms in total. The number of nitrogens with one attached hydrogen (secondary N) is 1. The van der Waals surface area contributed by atoms with Gasteiger partial charge in [0.25, 0.3) is 0 Å². The lowest BCUT2D eigenvalue weighted by Gasteiger charge is -2.05. The zero-order valence-corrected chi connectivity index (χ0v) is 8.15. The highest BCUT2D eigenvalue weighted by Crippen LogP contribution is 2.33. The first-order valence-corrected chi connectivity index (χ1v) is 4.41. The first kappa shape index (κ1) is 9.92. The van der Waals surface area contributed by atoms with E-state index in [4.69, 9.17) is 17.3 Å². The van der Waals surface area contributed by atoms with Gasteiger partial charge >= 0.3 is 0 Å². The van der Waals surface area contributed by atoms with Crippen molar-refractivity contribution in [2.45, 2.75) is 0 Å². The SMILES string of the molecule is Nc1cn[nH]c1-c1c(F)ccc(F)c1Cl. The lowest BCUT2D eigenvalue weighted by atomic mass is 10.1. The van der Waals surface area contributed by atoms with Crippen LogP contribution in [-0.2, 0) is 0 Å². The number of rotatable bonds is 1. The molecule has 0 saturated carbocycles. The van der Waals surface area contributed by atoms with Crippen molar-refractivity contribution in [1.82, 2.24) is 10.2 Å². The van der Waals surface area contributed by atoms with Crippen LogP contribution in [0, 0.1) is 11.6 Å². The number of hydrogen-bond donors (Lipinski definition) is 2. The summed E-state index contributed by atoms with van der Waals surface area (Å²) in [5.41, 5.74) is 5.80. The van der Waals surface area contributed by atoms with Crippen molar-refractivity contribution in [2.75, 3.05) is 5.73 Å². The molecule has 0 fully saturated rings. The van der Waals surface area contributed by atoms with Gasteiger partial charge in [0.05, 0.1) is 28.2 Å². The molecule has 0 unspecified atom stereocenters. The molecule has 1 aromatic heterocycles. The van der Waals surface area contributed by atoms with Crippen LogP contribution in [0.4, 0.5) is 14.5 Å². The summed E-state index contributed by atoms with van der Waals surface area (Å²) in [5.74, 6) is -1.36. The number of nitrogens with zero attached hydrogens (tertiary/aromatic N) is 1. The van der Waals surface area contributed by atoms with Crippen LogP contribution in [0.1, 0.15) is 0 Å². The monoisotopic (exact) mass is 229 g/mol. The molecule has 1 aromatic carbocycles. The summed E-state index contributed by atoms with van der Waals surface area (Å²) in [6, 6.07) is 1.94. The summed E-state index contributed by atoms with van der Waals surface area (Å²) in [4.78, 5) is 0. The first-order chi connectivity index (χ1) is 7.11. The highest BCUT2D eigenvalue weighted by molar-refractivity contribution is 6.33. The van der Waals surface area contributed by atoms with Gasteiger partial charge in [-0.15, -0.1) is 0 Å². The Balaban J connectivity index is 2.72. The molecule has 0 saturated heterocycles. The minimum Gasteiger partial charge on any atom is -0.396 e. The van der Waals surface area contributed by atoms with Gasteiger partial charge in [-0.1, -0.05) is 11.6 Å². The van der Waals surface area contributed by atoms with E-state index in [0.717, 1.165) is 12.1 Å². The van der Waals surface area contributed by atoms with E-state index in [9.17, 15) is 8.78 Å². The highest BCUT2D eigenvalue weighted by atomic mass is 35.5. The van der Waals surface area contributed by atoms with E-state index in [1.54, 1.807) is 0 Å². The minimum atomic E-state index is -0.706. The third kappa shape index (κ3) is 1.55. The number of nitrogens with two attached hydrogens (primary N) is 1. The van der Waals surface area contributed by atoms with Gasteiger partial charge in [-0.05, 0) is 12.1 Å². The largest absolute Gasteiger partial charge is 0.396 e. The molecule has 3 N–H and O–H groups in total. The van der Waals surface area contributed by atoms with Crippen LogP contribution in [0.2, 0.25) is 5.02 Å². The van der Waals surface area contributed by atoms with Gasteiger partial charge in [0.2, 0.25) is 0 Å². The molecule has 0 aliphatic carbocycles. The average molecular weight is 230 g/mol. The lowest BCUT2D eigenvalue weighted by molar-refractivity contribution is 0.603. The van der Waals surface area contributed by atoms with E-state index in [-0.39, 0.29) is 22.0 Å². The molecule has 0 radical (unpaired) electrons. The van der Waals surface area contributed by atoms with Crippen LogP contribution in [0.15, 0.2) is 18.3 Å². The molecule has 0 atom stereocenters. The van der Waals surface area contributed by atoms with Crippen LogP contribution in [-0.4, -0.2) is 10.2 Å². The van der Waals surface area contributed by atoms with E-state index in [2.05, 4.69) is 10.2 Å². The maximum atomic E-state index is 13.4. The molecule has 0 amide bonds. The van der Waals surface area contributed by atoms with E-state index < -0.39 is 11.6 Å². The maximum Gasteiger partial charge on any atom is 0.142 e. The van der Waals surface area contributed by atoms with E-state index in [1.165, 1.54) is 6.20 Å². The molecular weight excluding hydrogens is 224 g/mol. The maximum absolute atomic E-state index is 13.4. The summed E-state index contributed by atoms with van der Waals surface area (Å²) in [6.07, 6.45) is 1.30.